The molecule has 28 heavy (non-hydrogen) atoms. The van der Waals surface area contributed by atoms with Crippen molar-refractivity contribution in [2.24, 2.45) is 5.14 Å². The zero-order chi connectivity index (χ0) is 21.1. The number of rotatable bonds is 6. The number of amides is 1. The molecule has 2 rings (SSSR count). The molecule has 0 aromatic heterocycles. The van der Waals surface area contributed by atoms with E-state index in [1.54, 1.807) is 0 Å². The Bertz CT molecular complexity index is 1030. The Labute approximate surface area is 160 Å². The van der Waals surface area contributed by atoms with Gasteiger partial charge in [-0.25, -0.2) is 18.4 Å². The van der Waals surface area contributed by atoms with Crippen LogP contribution in [-0.2, 0) is 19.6 Å². The maximum absolute atomic E-state index is 12.2. The molecule has 1 amide bonds. The van der Waals surface area contributed by atoms with Crippen molar-refractivity contribution in [3.05, 3.63) is 63.7 Å². The zero-order valence-electron chi connectivity index (χ0n) is 14.9. The summed E-state index contributed by atoms with van der Waals surface area (Å²) in [6, 6.07) is 8.94. The summed E-state index contributed by atoms with van der Waals surface area (Å²) < 4.78 is 27.5. The second-order valence-electron chi connectivity index (χ2n) is 5.86. The van der Waals surface area contributed by atoms with Crippen LogP contribution in [0.5, 0.6) is 0 Å². The lowest BCUT2D eigenvalue weighted by Crippen LogP contribution is -2.30. The average molecular weight is 407 g/mol. The summed E-state index contributed by atoms with van der Waals surface area (Å²) in [6.45, 7) is 2.86. The van der Waals surface area contributed by atoms with Crippen LogP contribution in [0.1, 0.15) is 22.8 Å². The fourth-order valence-corrected chi connectivity index (χ4v) is 2.70. The highest BCUT2D eigenvalue weighted by Crippen LogP contribution is 2.20. The van der Waals surface area contributed by atoms with Gasteiger partial charge in [0.1, 0.15) is 0 Å². The van der Waals surface area contributed by atoms with E-state index in [1.165, 1.54) is 50.2 Å². The SMILES string of the molecule is Cc1ccc(C(=O)O[C@@H](C)C(=O)Nc2ccc(S(N)(=O)=O)cc2)cc1[N+](=O)[O-]. The van der Waals surface area contributed by atoms with Gasteiger partial charge in [0, 0.05) is 17.3 Å². The zero-order valence-corrected chi connectivity index (χ0v) is 15.7. The van der Waals surface area contributed by atoms with E-state index in [4.69, 9.17) is 9.88 Å². The molecule has 0 unspecified atom stereocenters. The second-order valence-corrected chi connectivity index (χ2v) is 7.43. The number of hydrogen-bond acceptors (Lipinski definition) is 7. The number of carbonyl (C=O) groups is 2. The van der Waals surface area contributed by atoms with E-state index < -0.39 is 32.9 Å². The van der Waals surface area contributed by atoms with E-state index >= 15 is 0 Å². The fourth-order valence-electron chi connectivity index (χ4n) is 2.19. The summed E-state index contributed by atoms with van der Waals surface area (Å²) in [5.74, 6) is -1.56. The maximum Gasteiger partial charge on any atom is 0.339 e. The molecule has 0 aliphatic heterocycles. The van der Waals surface area contributed by atoms with Gasteiger partial charge in [0.25, 0.3) is 11.6 Å². The summed E-state index contributed by atoms with van der Waals surface area (Å²) in [4.78, 5) is 34.5. The Morgan fingerprint density at radius 3 is 2.32 bits per heavy atom. The smallest absolute Gasteiger partial charge is 0.339 e. The number of anilines is 1. The lowest BCUT2D eigenvalue weighted by Gasteiger charge is -2.14. The lowest BCUT2D eigenvalue weighted by atomic mass is 10.1. The molecule has 0 aliphatic carbocycles. The Balaban J connectivity index is 2.05. The molecule has 0 aliphatic rings. The van der Waals surface area contributed by atoms with Gasteiger partial charge >= 0.3 is 5.97 Å². The maximum atomic E-state index is 12.2. The summed E-state index contributed by atoms with van der Waals surface area (Å²) in [5, 5.41) is 18.4. The standard InChI is InChI=1S/C17H17N3O7S/c1-10-3-4-12(9-15(10)20(23)24)17(22)27-11(2)16(21)19-13-5-7-14(8-6-13)28(18,25)26/h3-9,11H,1-2H3,(H,19,21)(H2,18,25,26)/t11-/m0/s1. The number of nitro groups is 1. The van der Waals surface area contributed by atoms with Gasteiger partial charge in [0.2, 0.25) is 10.0 Å². The third kappa shape index (κ3) is 5.11. The van der Waals surface area contributed by atoms with Gasteiger partial charge < -0.3 is 10.1 Å². The Kier molecular flexibility index (Phi) is 6.11. The largest absolute Gasteiger partial charge is 0.449 e. The normalized spacial score (nSPS) is 12.1. The third-order valence-electron chi connectivity index (χ3n) is 3.74. The van der Waals surface area contributed by atoms with E-state index in [0.29, 0.717) is 5.56 Å². The first kappa shape index (κ1) is 21.0. The van der Waals surface area contributed by atoms with Crippen molar-refractivity contribution < 1.29 is 27.7 Å². The molecule has 148 valence electrons. The molecule has 2 aromatic carbocycles. The number of nitrogens with zero attached hydrogens (tertiary/aromatic N) is 1. The number of sulfonamides is 1. The molecule has 10 nitrogen and oxygen atoms in total. The highest BCUT2D eigenvalue weighted by molar-refractivity contribution is 7.89. The predicted octanol–water partition coefficient (Wildman–Crippen LogP) is 1.73. The highest BCUT2D eigenvalue weighted by Gasteiger charge is 2.21. The van der Waals surface area contributed by atoms with E-state index in [2.05, 4.69) is 5.32 Å². The first-order valence-corrected chi connectivity index (χ1v) is 9.43. The van der Waals surface area contributed by atoms with Crippen molar-refractivity contribution in [1.29, 1.82) is 0 Å². The van der Waals surface area contributed by atoms with Crippen LogP contribution in [0.4, 0.5) is 11.4 Å². The van der Waals surface area contributed by atoms with Gasteiger partial charge in [-0.2, -0.15) is 0 Å². The van der Waals surface area contributed by atoms with Crippen molar-refractivity contribution in [2.75, 3.05) is 5.32 Å². The molecule has 0 fully saturated rings. The fraction of sp³-hybridized carbons (Fsp3) is 0.176. The summed E-state index contributed by atoms with van der Waals surface area (Å²) in [5.41, 5.74) is 0.359. The second kappa shape index (κ2) is 8.15. The molecular formula is C17H17N3O7S. The number of nitro benzene ring substituents is 1. The number of aryl methyl sites for hydroxylation is 1. The van der Waals surface area contributed by atoms with Crippen LogP contribution in [0.15, 0.2) is 47.4 Å². The Morgan fingerprint density at radius 1 is 1.18 bits per heavy atom. The van der Waals surface area contributed by atoms with Crippen molar-refractivity contribution in [2.45, 2.75) is 24.8 Å². The number of esters is 1. The first-order chi connectivity index (χ1) is 13.0. The van der Waals surface area contributed by atoms with Crippen LogP contribution in [0.3, 0.4) is 0 Å². The van der Waals surface area contributed by atoms with Crippen molar-refractivity contribution in [3.8, 4) is 0 Å². The van der Waals surface area contributed by atoms with Crippen LogP contribution in [-0.4, -0.2) is 31.3 Å². The van der Waals surface area contributed by atoms with E-state index in [0.717, 1.165) is 6.07 Å². The van der Waals surface area contributed by atoms with Gasteiger partial charge in [-0.1, -0.05) is 6.07 Å². The van der Waals surface area contributed by atoms with E-state index in [-0.39, 0.29) is 21.8 Å². The van der Waals surface area contributed by atoms with Crippen molar-refractivity contribution >= 4 is 33.3 Å². The van der Waals surface area contributed by atoms with Crippen LogP contribution in [0, 0.1) is 17.0 Å². The number of carbonyl (C=O) groups excluding carboxylic acids is 2. The van der Waals surface area contributed by atoms with Gasteiger partial charge in [-0.05, 0) is 44.2 Å². The molecule has 0 bridgehead atoms. The average Bonchev–Trinajstić information content (AvgIpc) is 2.61. The molecule has 11 heteroatoms. The van der Waals surface area contributed by atoms with Crippen LogP contribution >= 0.6 is 0 Å². The quantitative estimate of drug-likeness (QED) is 0.419. The molecule has 3 N–H and O–H groups in total. The molecule has 1 atom stereocenters. The molecule has 2 aromatic rings. The minimum absolute atomic E-state index is 0.0607. The highest BCUT2D eigenvalue weighted by atomic mass is 32.2. The van der Waals surface area contributed by atoms with Crippen molar-refractivity contribution in [3.63, 3.8) is 0 Å². The minimum Gasteiger partial charge on any atom is -0.449 e. The molecule has 0 radical (unpaired) electrons. The van der Waals surface area contributed by atoms with Gasteiger partial charge in [0.15, 0.2) is 6.10 Å². The van der Waals surface area contributed by atoms with Crippen LogP contribution < -0.4 is 10.5 Å². The molecule has 0 saturated carbocycles. The monoisotopic (exact) mass is 407 g/mol. The predicted molar refractivity (Wildman–Crippen MR) is 99.2 cm³/mol. The van der Waals surface area contributed by atoms with E-state index in [9.17, 15) is 28.1 Å². The van der Waals surface area contributed by atoms with Crippen LogP contribution in [0.25, 0.3) is 0 Å². The summed E-state index contributed by atoms with van der Waals surface area (Å²) >= 11 is 0. The third-order valence-corrected chi connectivity index (χ3v) is 4.67. The van der Waals surface area contributed by atoms with Gasteiger partial charge in [-0.3, -0.25) is 14.9 Å². The van der Waals surface area contributed by atoms with E-state index in [1.807, 2.05) is 0 Å². The molecular weight excluding hydrogens is 390 g/mol. The topological polar surface area (TPSA) is 159 Å². The number of hydrogen-bond donors (Lipinski definition) is 2. The molecule has 0 spiro atoms. The molecule has 0 heterocycles. The summed E-state index contributed by atoms with van der Waals surface area (Å²) in [6.07, 6.45) is -1.20. The number of nitrogens with two attached hydrogens (primary N) is 1. The summed E-state index contributed by atoms with van der Waals surface area (Å²) in [7, 11) is -3.85. The number of primary sulfonamides is 1. The van der Waals surface area contributed by atoms with Crippen molar-refractivity contribution in [1.82, 2.24) is 0 Å². The van der Waals surface area contributed by atoms with Gasteiger partial charge in [-0.15, -0.1) is 0 Å². The number of ether oxygens (including phenoxy) is 1. The minimum atomic E-state index is -3.85. The Morgan fingerprint density at radius 2 is 1.79 bits per heavy atom. The first-order valence-electron chi connectivity index (χ1n) is 7.89. The molecule has 0 saturated heterocycles. The van der Waals surface area contributed by atoms with Gasteiger partial charge in [0.05, 0.1) is 15.4 Å². The number of benzene rings is 2. The van der Waals surface area contributed by atoms with Crippen LogP contribution in [0.2, 0.25) is 0 Å². The Hall–Kier alpha value is -3.31. The lowest BCUT2D eigenvalue weighted by molar-refractivity contribution is -0.385. The number of nitrogens with one attached hydrogen (secondary N) is 1.